The molecule has 1 aromatic carbocycles. The number of nitrogens with zero attached hydrogens (tertiary/aromatic N) is 2. The van der Waals surface area contributed by atoms with E-state index < -0.39 is 0 Å². The van der Waals surface area contributed by atoms with Gasteiger partial charge in [0.05, 0.1) is 13.2 Å². The van der Waals surface area contributed by atoms with E-state index in [-0.39, 0.29) is 6.61 Å². The third kappa shape index (κ3) is 3.37. The van der Waals surface area contributed by atoms with Gasteiger partial charge in [-0.25, -0.2) is 0 Å². The van der Waals surface area contributed by atoms with E-state index in [9.17, 15) is 0 Å². The number of aliphatic hydroxyl groups excluding tert-OH is 1. The zero-order chi connectivity index (χ0) is 12.8. The van der Waals surface area contributed by atoms with Gasteiger partial charge in [0.15, 0.2) is 0 Å². The number of benzene rings is 1. The van der Waals surface area contributed by atoms with Crippen molar-refractivity contribution in [1.29, 1.82) is 0 Å². The van der Waals surface area contributed by atoms with Gasteiger partial charge < -0.3 is 14.7 Å². The number of piperazine rings is 1. The molecule has 0 aromatic heterocycles. The SMILES string of the molecule is CCOc1ccc(N2CCN(CCO)CC2)cc1. The molecule has 1 N–H and O–H groups in total. The molecule has 1 aliphatic rings. The van der Waals surface area contributed by atoms with E-state index in [1.54, 1.807) is 0 Å². The summed E-state index contributed by atoms with van der Waals surface area (Å²) in [5.41, 5.74) is 1.25. The van der Waals surface area contributed by atoms with Crippen molar-refractivity contribution < 1.29 is 9.84 Å². The fraction of sp³-hybridized carbons (Fsp3) is 0.571. The zero-order valence-electron chi connectivity index (χ0n) is 11.0. The molecule has 0 saturated carbocycles. The van der Waals surface area contributed by atoms with E-state index in [1.165, 1.54) is 5.69 Å². The van der Waals surface area contributed by atoms with Crippen molar-refractivity contribution in [2.24, 2.45) is 0 Å². The van der Waals surface area contributed by atoms with Crippen LogP contribution < -0.4 is 9.64 Å². The second kappa shape index (κ2) is 6.61. The number of hydrogen-bond acceptors (Lipinski definition) is 4. The first kappa shape index (κ1) is 13.2. The Morgan fingerprint density at radius 3 is 2.33 bits per heavy atom. The molecule has 0 atom stereocenters. The lowest BCUT2D eigenvalue weighted by Gasteiger charge is -2.35. The second-order valence-corrected chi connectivity index (χ2v) is 4.48. The molecule has 1 saturated heterocycles. The maximum absolute atomic E-state index is 8.91. The van der Waals surface area contributed by atoms with E-state index in [0.29, 0.717) is 6.61 Å². The summed E-state index contributed by atoms with van der Waals surface area (Å²) in [5, 5.41) is 8.91. The Balaban J connectivity index is 1.89. The van der Waals surface area contributed by atoms with E-state index >= 15 is 0 Å². The zero-order valence-corrected chi connectivity index (χ0v) is 11.0. The minimum atomic E-state index is 0.253. The van der Waals surface area contributed by atoms with Gasteiger partial charge in [-0.15, -0.1) is 0 Å². The van der Waals surface area contributed by atoms with Crippen molar-refractivity contribution in [1.82, 2.24) is 4.90 Å². The molecule has 1 aromatic rings. The fourth-order valence-electron chi connectivity index (χ4n) is 2.29. The van der Waals surface area contributed by atoms with Crippen LogP contribution >= 0.6 is 0 Å². The summed E-state index contributed by atoms with van der Waals surface area (Å²) < 4.78 is 5.44. The normalized spacial score (nSPS) is 16.9. The predicted octanol–water partition coefficient (Wildman–Crippen LogP) is 1.20. The van der Waals surface area contributed by atoms with E-state index in [0.717, 1.165) is 38.5 Å². The Kier molecular flexibility index (Phi) is 4.84. The van der Waals surface area contributed by atoms with Gasteiger partial charge in [0.1, 0.15) is 5.75 Å². The maximum Gasteiger partial charge on any atom is 0.119 e. The maximum atomic E-state index is 8.91. The third-order valence-corrected chi connectivity index (χ3v) is 3.30. The average Bonchev–Trinajstić information content (AvgIpc) is 2.41. The van der Waals surface area contributed by atoms with E-state index in [1.807, 2.05) is 19.1 Å². The highest BCUT2D eigenvalue weighted by atomic mass is 16.5. The summed E-state index contributed by atoms with van der Waals surface area (Å²) in [6.07, 6.45) is 0. The Labute approximate surface area is 109 Å². The summed E-state index contributed by atoms with van der Waals surface area (Å²) in [7, 11) is 0. The first-order valence-corrected chi connectivity index (χ1v) is 6.64. The third-order valence-electron chi connectivity index (χ3n) is 3.30. The molecular formula is C14H22N2O2. The van der Waals surface area contributed by atoms with Crippen LogP contribution in [0.3, 0.4) is 0 Å². The predicted molar refractivity (Wildman–Crippen MR) is 73.3 cm³/mol. The molecule has 18 heavy (non-hydrogen) atoms. The highest BCUT2D eigenvalue weighted by Crippen LogP contribution is 2.20. The highest BCUT2D eigenvalue weighted by molar-refractivity contribution is 5.49. The summed E-state index contributed by atoms with van der Waals surface area (Å²) in [6, 6.07) is 8.29. The minimum absolute atomic E-state index is 0.253. The lowest BCUT2D eigenvalue weighted by atomic mass is 10.2. The molecule has 1 heterocycles. The highest BCUT2D eigenvalue weighted by Gasteiger charge is 2.16. The van der Waals surface area contributed by atoms with Gasteiger partial charge in [0.2, 0.25) is 0 Å². The van der Waals surface area contributed by atoms with Crippen LogP contribution in [-0.2, 0) is 0 Å². The molecule has 4 nitrogen and oxygen atoms in total. The van der Waals surface area contributed by atoms with Gasteiger partial charge in [-0.1, -0.05) is 0 Å². The standard InChI is InChI=1S/C14H22N2O2/c1-2-18-14-5-3-13(4-6-14)16-9-7-15(8-10-16)11-12-17/h3-6,17H,2,7-12H2,1H3. The molecule has 4 heteroatoms. The van der Waals surface area contributed by atoms with Gasteiger partial charge >= 0.3 is 0 Å². The molecule has 0 radical (unpaired) electrons. The van der Waals surface area contributed by atoms with Crippen molar-refractivity contribution >= 4 is 5.69 Å². The van der Waals surface area contributed by atoms with Crippen molar-refractivity contribution in [3.8, 4) is 5.75 Å². The fourth-order valence-corrected chi connectivity index (χ4v) is 2.29. The van der Waals surface area contributed by atoms with Crippen LogP contribution in [0.2, 0.25) is 0 Å². The molecule has 0 aliphatic carbocycles. The number of β-amino-alcohol motifs (C(OH)–C–C–N with tert-alkyl or cyclic N) is 1. The molecule has 0 spiro atoms. The van der Waals surface area contributed by atoms with Crippen LogP contribution in [0.4, 0.5) is 5.69 Å². The Morgan fingerprint density at radius 2 is 1.78 bits per heavy atom. The van der Waals surface area contributed by atoms with Gasteiger partial charge in [-0.3, -0.25) is 4.90 Å². The van der Waals surface area contributed by atoms with Crippen LogP contribution in [0.1, 0.15) is 6.92 Å². The van der Waals surface area contributed by atoms with Crippen LogP contribution in [0.5, 0.6) is 5.75 Å². The molecule has 0 amide bonds. The molecular weight excluding hydrogens is 228 g/mol. The lowest BCUT2D eigenvalue weighted by molar-refractivity contribution is 0.189. The van der Waals surface area contributed by atoms with Crippen LogP contribution in [-0.4, -0.2) is 55.9 Å². The second-order valence-electron chi connectivity index (χ2n) is 4.48. The van der Waals surface area contributed by atoms with Crippen LogP contribution in [0, 0.1) is 0 Å². The molecule has 0 unspecified atom stereocenters. The first-order chi connectivity index (χ1) is 8.83. The molecule has 1 fully saturated rings. The Bertz CT molecular complexity index is 345. The number of aliphatic hydroxyl groups is 1. The summed E-state index contributed by atoms with van der Waals surface area (Å²) in [5.74, 6) is 0.931. The van der Waals surface area contributed by atoms with E-state index in [4.69, 9.17) is 9.84 Å². The number of ether oxygens (including phenoxy) is 1. The van der Waals surface area contributed by atoms with Crippen molar-refractivity contribution in [2.45, 2.75) is 6.92 Å². The summed E-state index contributed by atoms with van der Waals surface area (Å²) >= 11 is 0. The topological polar surface area (TPSA) is 35.9 Å². The van der Waals surface area contributed by atoms with Gasteiger partial charge in [0, 0.05) is 38.4 Å². The summed E-state index contributed by atoms with van der Waals surface area (Å²) in [4.78, 5) is 4.68. The largest absolute Gasteiger partial charge is 0.494 e. The monoisotopic (exact) mass is 250 g/mol. The Hall–Kier alpha value is -1.26. The van der Waals surface area contributed by atoms with Gasteiger partial charge in [-0.2, -0.15) is 0 Å². The molecule has 1 aliphatic heterocycles. The summed E-state index contributed by atoms with van der Waals surface area (Å²) in [6.45, 7) is 7.83. The molecule has 100 valence electrons. The van der Waals surface area contributed by atoms with Gasteiger partial charge in [0.25, 0.3) is 0 Å². The van der Waals surface area contributed by atoms with Gasteiger partial charge in [-0.05, 0) is 31.2 Å². The molecule has 2 rings (SSSR count). The minimum Gasteiger partial charge on any atom is -0.494 e. The van der Waals surface area contributed by atoms with Crippen LogP contribution in [0.15, 0.2) is 24.3 Å². The average molecular weight is 250 g/mol. The van der Waals surface area contributed by atoms with E-state index in [2.05, 4.69) is 21.9 Å². The number of hydrogen-bond donors (Lipinski definition) is 1. The van der Waals surface area contributed by atoms with Crippen molar-refractivity contribution in [3.63, 3.8) is 0 Å². The van der Waals surface area contributed by atoms with Crippen molar-refractivity contribution in [2.75, 3.05) is 50.8 Å². The van der Waals surface area contributed by atoms with Crippen LogP contribution in [0.25, 0.3) is 0 Å². The molecule has 0 bridgehead atoms. The number of anilines is 1. The van der Waals surface area contributed by atoms with Crippen molar-refractivity contribution in [3.05, 3.63) is 24.3 Å². The quantitative estimate of drug-likeness (QED) is 0.852. The first-order valence-electron chi connectivity index (χ1n) is 6.64. The lowest BCUT2D eigenvalue weighted by Crippen LogP contribution is -2.47. The number of rotatable bonds is 5. The Morgan fingerprint density at radius 1 is 1.11 bits per heavy atom. The smallest absolute Gasteiger partial charge is 0.119 e.